The molecule has 0 saturated heterocycles. The lowest BCUT2D eigenvalue weighted by molar-refractivity contribution is 0.0918. The van der Waals surface area contributed by atoms with E-state index in [1.165, 1.54) is 19.3 Å². The predicted molar refractivity (Wildman–Crippen MR) is 80.1 cm³/mol. The number of nitrogens with zero attached hydrogens (tertiary/aromatic N) is 1. The van der Waals surface area contributed by atoms with E-state index in [0.29, 0.717) is 28.5 Å². The molecule has 1 heterocycles. The molecule has 3 unspecified atom stereocenters. The maximum Gasteiger partial charge on any atom is 0.271 e. The molecule has 4 nitrogen and oxygen atoms in total. The zero-order valence-corrected chi connectivity index (χ0v) is 12.4. The Morgan fingerprint density at radius 3 is 2.90 bits per heavy atom. The number of aromatic nitrogens is 1. The van der Waals surface area contributed by atoms with Gasteiger partial charge in [-0.3, -0.25) is 4.79 Å². The van der Waals surface area contributed by atoms with E-state index < -0.39 is 0 Å². The topological polar surface area (TPSA) is 54.0 Å². The van der Waals surface area contributed by atoms with Crippen molar-refractivity contribution >= 4 is 23.3 Å². The smallest absolute Gasteiger partial charge is 0.271 e. The highest BCUT2D eigenvalue weighted by Gasteiger charge is 2.40. The summed E-state index contributed by atoms with van der Waals surface area (Å²) in [5.74, 6) is 2.00. The number of carbonyl (C=O) groups excluding carboxylic acids is 1. The van der Waals surface area contributed by atoms with Crippen LogP contribution < -0.4 is 10.6 Å². The fourth-order valence-corrected chi connectivity index (χ4v) is 3.73. The van der Waals surface area contributed by atoms with Crippen LogP contribution in [-0.4, -0.2) is 23.5 Å². The lowest BCUT2D eigenvalue weighted by Crippen LogP contribution is -2.39. The molecule has 2 aliphatic rings. The minimum atomic E-state index is -0.146. The van der Waals surface area contributed by atoms with Crippen molar-refractivity contribution in [3.63, 3.8) is 0 Å². The molecule has 0 spiro atoms. The minimum Gasteiger partial charge on any atom is -0.370 e. The van der Waals surface area contributed by atoms with Crippen molar-refractivity contribution in [3.8, 4) is 0 Å². The molecule has 1 aromatic heterocycles. The van der Waals surface area contributed by atoms with Crippen LogP contribution in [0.2, 0.25) is 5.02 Å². The van der Waals surface area contributed by atoms with Gasteiger partial charge in [-0.05, 0) is 50.2 Å². The standard InChI is InChI=1S/C15H20ClN3O/c1-2-17-13-6-5-11(16)14(19-13)15(20)18-12-8-9-3-4-10(12)7-9/h5-6,9-10,12H,2-4,7-8H2,1H3,(H,17,19)(H,18,20). The molecule has 1 aromatic rings. The molecule has 0 aromatic carbocycles. The number of halogens is 1. The SMILES string of the molecule is CCNc1ccc(Cl)c(C(=O)NC2CC3CCC2C3)n1. The number of anilines is 1. The second-order valence-electron chi connectivity index (χ2n) is 5.81. The average molecular weight is 294 g/mol. The summed E-state index contributed by atoms with van der Waals surface area (Å²) in [5, 5.41) is 6.63. The molecular weight excluding hydrogens is 274 g/mol. The number of amides is 1. The van der Waals surface area contributed by atoms with E-state index >= 15 is 0 Å². The number of carbonyl (C=O) groups is 1. The van der Waals surface area contributed by atoms with Gasteiger partial charge in [0.15, 0.2) is 0 Å². The number of nitrogens with one attached hydrogen (secondary N) is 2. The van der Waals surface area contributed by atoms with Crippen molar-refractivity contribution < 1.29 is 4.79 Å². The molecule has 5 heteroatoms. The number of rotatable bonds is 4. The van der Waals surface area contributed by atoms with Crippen LogP contribution in [0.4, 0.5) is 5.82 Å². The molecule has 0 radical (unpaired) electrons. The molecule has 20 heavy (non-hydrogen) atoms. The number of fused-ring (bicyclic) bond motifs is 2. The van der Waals surface area contributed by atoms with Gasteiger partial charge in [0.1, 0.15) is 11.5 Å². The second-order valence-corrected chi connectivity index (χ2v) is 6.22. The van der Waals surface area contributed by atoms with E-state index in [0.717, 1.165) is 18.9 Å². The van der Waals surface area contributed by atoms with Gasteiger partial charge in [-0.15, -0.1) is 0 Å². The first-order valence-electron chi connectivity index (χ1n) is 7.38. The van der Waals surface area contributed by atoms with Crippen molar-refractivity contribution in [1.82, 2.24) is 10.3 Å². The van der Waals surface area contributed by atoms with E-state index in [4.69, 9.17) is 11.6 Å². The maximum absolute atomic E-state index is 12.4. The number of pyridine rings is 1. The lowest BCUT2D eigenvalue weighted by atomic mass is 9.95. The highest BCUT2D eigenvalue weighted by molar-refractivity contribution is 6.33. The monoisotopic (exact) mass is 293 g/mol. The highest BCUT2D eigenvalue weighted by Crippen LogP contribution is 2.44. The third-order valence-corrected chi connectivity index (χ3v) is 4.78. The summed E-state index contributed by atoms with van der Waals surface area (Å²) in [5.41, 5.74) is 0.327. The summed E-state index contributed by atoms with van der Waals surface area (Å²) in [6.45, 7) is 2.76. The van der Waals surface area contributed by atoms with Gasteiger partial charge in [-0.2, -0.15) is 0 Å². The fraction of sp³-hybridized carbons (Fsp3) is 0.600. The maximum atomic E-state index is 12.4. The Balaban J connectivity index is 1.71. The zero-order chi connectivity index (χ0) is 14.1. The van der Waals surface area contributed by atoms with E-state index in [9.17, 15) is 4.79 Å². The van der Waals surface area contributed by atoms with Crippen LogP contribution in [0, 0.1) is 11.8 Å². The largest absolute Gasteiger partial charge is 0.370 e. The second kappa shape index (κ2) is 5.60. The van der Waals surface area contributed by atoms with Gasteiger partial charge in [0.05, 0.1) is 5.02 Å². The van der Waals surface area contributed by atoms with Crippen LogP contribution >= 0.6 is 11.6 Å². The molecule has 2 N–H and O–H groups in total. The predicted octanol–water partition coefficient (Wildman–Crippen LogP) is 3.09. The van der Waals surface area contributed by atoms with E-state index in [1.54, 1.807) is 12.1 Å². The van der Waals surface area contributed by atoms with Crippen LogP contribution in [0.15, 0.2) is 12.1 Å². The van der Waals surface area contributed by atoms with Crippen molar-refractivity contribution in [2.75, 3.05) is 11.9 Å². The van der Waals surface area contributed by atoms with Crippen LogP contribution in [0.1, 0.15) is 43.1 Å². The molecule has 2 saturated carbocycles. The van der Waals surface area contributed by atoms with Crippen molar-refractivity contribution in [2.24, 2.45) is 11.8 Å². The Morgan fingerprint density at radius 2 is 2.25 bits per heavy atom. The molecule has 2 bridgehead atoms. The molecule has 1 amide bonds. The van der Waals surface area contributed by atoms with E-state index in [2.05, 4.69) is 15.6 Å². The summed E-state index contributed by atoms with van der Waals surface area (Å²) >= 11 is 6.10. The zero-order valence-electron chi connectivity index (χ0n) is 11.7. The first kappa shape index (κ1) is 13.7. The Hall–Kier alpha value is -1.29. The van der Waals surface area contributed by atoms with Gasteiger partial charge >= 0.3 is 0 Å². The van der Waals surface area contributed by atoms with Gasteiger partial charge in [0, 0.05) is 12.6 Å². The van der Waals surface area contributed by atoms with Gasteiger partial charge in [0.25, 0.3) is 5.91 Å². The van der Waals surface area contributed by atoms with Crippen LogP contribution in [0.25, 0.3) is 0 Å². The summed E-state index contributed by atoms with van der Waals surface area (Å²) < 4.78 is 0. The van der Waals surface area contributed by atoms with E-state index in [1.807, 2.05) is 6.92 Å². The summed E-state index contributed by atoms with van der Waals surface area (Å²) in [4.78, 5) is 16.7. The van der Waals surface area contributed by atoms with Crippen LogP contribution in [0.5, 0.6) is 0 Å². The minimum absolute atomic E-state index is 0.146. The van der Waals surface area contributed by atoms with Crippen LogP contribution in [0.3, 0.4) is 0 Å². The summed E-state index contributed by atoms with van der Waals surface area (Å²) in [6.07, 6.45) is 4.95. The normalized spacial score (nSPS) is 27.6. The van der Waals surface area contributed by atoms with Gasteiger partial charge in [-0.25, -0.2) is 4.98 Å². The van der Waals surface area contributed by atoms with Crippen LogP contribution in [-0.2, 0) is 0 Å². The molecule has 3 atom stereocenters. The summed E-state index contributed by atoms with van der Waals surface area (Å²) in [7, 11) is 0. The Bertz CT molecular complexity index is 520. The third-order valence-electron chi connectivity index (χ3n) is 4.47. The molecule has 3 rings (SSSR count). The highest BCUT2D eigenvalue weighted by atomic mass is 35.5. The summed E-state index contributed by atoms with van der Waals surface area (Å²) in [6, 6.07) is 3.82. The van der Waals surface area contributed by atoms with Crippen molar-refractivity contribution in [3.05, 3.63) is 22.8 Å². The van der Waals surface area contributed by atoms with Crippen molar-refractivity contribution in [2.45, 2.75) is 38.6 Å². The number of hydrogen-bond donors (Lipinski definition) is 2. The molecule has 2 fully saturated rings. The van der Waals surface area contributed by atoms with E-state index in [-0.39, 0.29) is 5.91 Å². The first-order valence-corrected chi connectivity index (χ1v) is 7.76. The lowest BCUT2D eigenvalue weighted by Gasteiger charge is -2.22. The van der Waals surface area contributed by atoms with Gasteiger partial charge in [-0.1, -0.05) is 18.0 Å². The third kappa shape index (κ3) is 2.62. The fourth-order valence-electron chi connectivity index (χ4n) is 3.54. The Kier molecular flexibility index (Phi) is 3.83. The quantitative estimate of drug-likeness (QED) is 0.897. The molecular formula is C15H20ClN3O. The molecule has 108 valence electrons. The number of hydrogen-bond acceptors (Lipinski definition) is 3. The first-order chi connectivity index (χ1) is 9.67. The average Bonchev–Trinajstić information content (AvgIpc) is 3.03. The van der Waals surface area contributed by atoms with Gasteiger partial charge < -0.3 is 10.6 Å². The van der Waals surface area contributed by atoms with Gasteiger partial charge in [0.2, 0.25) is 0 Å². The Morgan fingerprint density at radius 1 is 1.40 bits per heavy atom. The van der Waals surface area contributed by atoms with Crippen molar-refractivity contribution in [1.29, 1.82) is 0 Å². The molecule has 2 aliphatic carbocycles. The molecule has 0 aliphatic heterocycles. The Labute approximate surface area is 124 Å².